The Balaban J connectivity index is 1.54. The van der Waals surface area contributed by atoms with Gasteiger partial charge in [0.2, 0.25) is 0 Å². The van der Waals surface area contributed by atoms with Crippen LogP contribution >= 0.6 is 0 Å². The monoisotopic (exact) mass is 436 g/mol. The van der Waals surface area contributed by atoms with E-state index in [-0.39, 0.29) is 12.5 Å². The Hall–Kier alpha value is -3.94. The average Bonchev–Trinajstić information content (AvgIpc) is 3.56. The third kappa shape index (κ3) is 4.69. The zero-order valence-corrected chi connectivity index (χ0v) is 18.2. The summed E-state index contributed by atoms with van der Waals surface area (Å²) in [7, 11) is 1.54. The number of amides is 1. The van der Waals surface area contributed by atoms with Crippen molar-refractivity contribution in [1.29, 1.82) is 0 Å². The summed E-state index contributed by atoms with van der Waals surface area (Å²) in [5.41, 5.74) is 2.12. The fraction of sp³-hybridized carbons (Fsp3) is 0.250. The Morgan fingerprint density at radius 1 is 1.00 bits per heavy atom. The number of furan rings is 2. The standard InChI is InChI=1S/C24H24N2O6/c1-16-21(17(2)32-25-16)15-31-22-9-8-18(12-23(22)28-3)24(27)26(13-19-6-4-10-29-19)14-20-7-5-11-30-20/h4-12H,13-15H2,1-3H3. The molecule has 0 aliphatic carbocycles. The summed E-state index contributed by atoms with van der Waals surface area (Å²) in [4.78, 5) is 15.0. The number of carbonyl (C=O) groups is 1. The van der Waals surface area contributed by atoms with E-state index in [1.165, 1.54) is 7.11 Å². The van der Waals surface area contributed by atoms with Crippen LogP contribution in [0.3, 0.4) is 0 Å². The number of ether oxygens (including phenoxy) is 2. The largest absolute Gasteiger partial charge is 0.493 e. The smallest absolute Gasteiger partial charge is 0.254 e. The van der Waals surface area contributed by atoms with Crippen molar-refractivity contribution in [2.45, 2.75) is 33.5 Å². The first-order valence-electron chi connectivity index (χ1n) is 10.1. The molecule has 1 amide bonds. The molecule has 3 aromatic heterocycles. The van der Waals surface area contributed by atoms with Crippen LogP contribution in [0.1, 0.15) is 38.9 Å². The van der Waals surface area contributed by atoms with Crippen LogP contribution in [-0.2, 0) is 19.7 Å². The van der Waals surface area contributed by atoms with Crippen molar-refractivity contribution in [3.63, 3.8) is 0 Å². The minimum Gasteiger partial charge on any atom is -0.493 e. The van der Waals surface area contributed by atoms with Gasteiger partial charge in [-0.25, -0.2) is 0 Å². The lowest BCUT2D eigenvalue weighted by molar-refractivity contribution is 0.0704. The lowest BCUT2D eigenvalue weighted by atomic mass is 10.1. The van der Waals surface area contributed by atoms with Crippen LogP contribution in [0.4, 0.5) is 0 Å². The van der Waals surface area contributed by atoms with E-state index in [9.17, 15) is 4.79 Å². The van der Waals surface area contributed by atoms with Crippen LogP contribution in [-0.4, -0.2) is 23.1 Å². The average molecular weight is 436 g/mol. The van der Waals surface area contributed by atoms with Gasteiger partial charge in [0, 0.05) is 5.56 Å². The Kier molecular flexibility index (Phi) is 6.30. The zero-order valence-electron chi connectivity index (χ0n) is 18.2. The molecule has 0 unspecified atom stereocenters. The summed E-state index contributed by atoms with van der Waals surface area (Å²) in [5.74, 6) is 2.85. The molecule has 3 heterocycles. The van der Waals surface area contributed by atoms with Gasteiger partial charge in [-0.05, 0) is 56.3 Å². The molecule has 0 saturated carbocycles. The van der Waals surface area contributed by atoms with E-state index in [0.717, 1.165) is 11.3 Å². The van der Waals surface area contributed by atoms with E-state index in [1.54, 1.807) is 47.8 Å². The number of rotatable bonds is 9. The van der Waals surface area contributed by atoms with Crippen LogP contribution in [0.25, 0.3) is 0 Å². The number of hydrogen-bond acceptors (Lipinski definition) is 7. The van der Waals surface area contributed by atoms with Crippen molar-refractivity contribution in [1.82, 2.24) is 10.1 Å². The van der Waals surface area contributed by atoms with Gasteiger partial charge in [-0.15, -0.1) is 0 Å². The van der Waals surface area contributed by atoms with Gasteiger partial charge >= 0.3 is 0 Å². The summed E-state index contributed by atoms with van der Waals surface area (Å²) < 4.78 is 27.5. The highest BCUT2D eigenvalue weighted by molar-refractivity contribution is 5.94. The van der Waals surface area contributed by atoms with E-state index in [2.05, 4.69) is 5.16 Å². The Bertz CT molecular complexity index is 1110. The molecule has 0 N–H and O–H groups in total. The van der Waals surface area contributed by atoms with Gasteiger partial charge in [0.1, 0.15) is 23.9 Å². The number of aryl methyl sites for hydroxylation is 2. The molecule has 32 heavy (non-hydrogen) atoms. The number of methoxy groups -OCH3 is 1. The van der Waals surface area contributed by atoms with E-state index in [4.69, 9.17) is 22.8 Å². The molecule has 0 aliphatic heterocycles. The van der Waals surface area contributed by atoms with Crippen molar-refractivity contribution in [2.24, 2.45) is 0 Å². The van der Waals surface area contributed by atoms with Crippen LogP contribution in [0.2, 0.25) is 0 Å². The molecule has 0 fully saturated rings. The fourth-order valence-corrected chi connectivity index (χ4v) is 3.34. The van der Waals surface area contributed by atoms with E-state index in [0.29, 0.717) is 47.4 Å². The van der Waals surface area contributed by atoms with Gasteiger partial charge in [0.15, 0.2) is 11.5 Å². The molecule has 4 rings (SSSR count). The SMILES string of the molecule is COc1cc(C(=O)N(Cc2ccco2)Cc2ccco2)ccc1OCc1c(C)noc1C. The second-order valence-corrected chi connectivity index (χ2v) is 7.28. The maximum atomic E-state index is 13.3. The molecule has 0 spiro atoms. The van der Waals surface area contributed by atoms with Crippen LogP contribution in [0.5, 0.6) is 11.5 Å². The fourth-order valence-electron chi connectivity index (χ4n) is 3.34. The van der Waals surface area contributed by atoms with Crippen molar-refractivity contribution in [3.8, 4) is 11.5 Å². The number of nitrogens with zero attached hydrogens (tertiary/aromatic N) is 2. The second-order valence-electron chi connectivity index (χ2n) is 7.28. The molecule has 0 atom stereocenters. The number of carbonyl (C=O) groups excluding carboxylic acids is 1. The van der Waals surface area contributed by atoms with Crippen LogP contribution in [0.15, 0.2) is 68.3 Å². The van der Waals surface area contributed by atoms with Gasteiger partial charge in [-0.3, -0.25) is 4.79 Å². The Morgan fingerprint density at radius 2 is 1.69 bits per heavy atom. The van der Waals surface area contributed by atoms with Crippen molar-refractivity contribution < 1.29 is 27.6 Å². The van der Waals surface area contributed by atoms with Crippen molar-refractivity contribution >= 4 is 5.91 Å². The normalized spacial score (nSPS) is 10.8. The Labute approximate surface area is 185 Å². The minimum absolute atomic E-state index is 0.187. The van der Waals surface area contributed by atoms with E-state index >= 15 is 0 Å². The highest BCUT2D eigenvalue weighted by atomic mass is 16.5. The maximum Gasteiger partial charge on any atom is 0.254 e. The highest BCUT2D eigenvalue weighted by Crippen LogP contribution is 2.30. The summed E-state index contributed by atoms with van der Waals surface area (Å²) in [5, 5.41) is 3.94. The topological polar surface area (TPSA) is 91.1 Å². The van der Waals surface area contributed by atoms with Gasteiger partial charge in [-0.1, -0.05) is 5.16 Å². The maximum absolute atomic E-state index is 13.3. The molecule has 8 heteroatoms. The van der Waals surface area contributed by atoms with Crippen molar-refractivity contribution in [2.75, 3.05) is 7.11 Å². The molecule has 0 radical (unpaired) electrons. The highest BCUT2D eigenvalue weighted by Gasteiger charge is 2.21. The molecule has 8 nitrogen and oxygen atoms in total. The summed E-state index contributed by atoms with van der Waals surface area (Å²) in [6, 6.07) is 12.3. The Morgan fingerprint density at radius 3 is 2.22 bits per heavy atom. The minimum atomic E-state index is -0.187. The third-order valence-corrected chi connectivity index (χ3v) is 5.10. The molecular formula is C24H24N2O6. The first kappa shape index (κ1) is 21.3. The van der Waals surface area contributed by atoms with Gasteiger partial charge < -0.3 is 27.7 Å². The first-order chi connectivity index (χ1) is 15.5. The first-order valence-corrected chi connectivity index (χ1v) is 10.1. The van der Waals surface area contributed by atoms with Gasteiger partial charge in [0.25, 0.3) is 5.91 Å². The summed E-state index contributed by atoms with van der Waals surface area (Å²) in [6.07, 6.45) is 3.16. The zero-order chi connectivity index (χ0) is 22.5. The van der Waals surface area contributed by atoms with Crippen LogP contribution in [0, 0.1) is 13.8 Å². The lowest BCUT2D eigenvalue weighted by Crippen LogP contribution is -2.29. The molecule has 1 aromatic carbocycles. The van der Waals surface area contributed by atoms with Crippen molar-refractivity contribution in [3.05, 3.63) is 89.1 Å². The predicted molar refractivity (Wildman–Crippen MR) is 114 cm³/mol. The third-order valence-electron chi connectivity index (χ3n) is 5.10. The molecule has 0 bridgehead atoms. The number of aromatic nitrogens is 1. The van der Waals surface area contributed by atoms with Crippen LogP contribution < -0.4 is 9.47 Å². The van der Waals surface area contributed by atoms with E-state index < -0.39 is 0 Å². The molecule has 166 valence electrons. The number of hydrogen-bond donors (Lipinski definition) is 0. The molecule has 4 aromatic rings. The molecule has 0 aliphatic rings. The summed E-state index contributed by atoms with van der Waals surface area (Å²) >= 11 is 0. The van der Waals surface area contributed by atoms with Gasteiger partial charge in [0.05, 0.1) is 44.0 Å². The summed E-state index contributed by atoms with van der Waals surface area (Å²) in [6.45, 7) is 4.59. The number of benzene rings is 1. The van der Waals surface area contributed by atoms with E-state index in [1.807, 2.05) is 26.0 Å². The predicted octanol–water partition coefficient (Wildman–Crippen LogP) is 4.91. The molecular weight excluding hydrogens is 412 g/mol. The van der Waals surface area contributed by atoms with Gasteiger partial charge in [-0.2, -0.15) is 0 Å². The molecule has 0 saturated heterocycles. The quantitative estimate of drug-likeness (QED) is 0.368. The second kappa shape index (κ2) is 9.47. The lowest BCUT2D eigenvalue weighted by Gasteiger charge is -2.21.